The second-order valence-electron chi connectivity index (χ2n) is 6.45. The summed E-state index contributed by atoms with van der Waals surface area (Å²) in [5, 5.41) is 1.98. The van der Waals surface area contributed by atoms with Gasteiger partial charge in [0, 0.05) is 17.5 Å². The van der Waals surface area contributed by atoms with E-state index in [2.05, 4.69) is 0 Å². The van der Waals surface area contributed by atoms with Crippen molar-refractivity contribution < 1.29 is 13.2 Å². The predicted octanol–water partition coefficient (Wildman–Crippen LogP) is 4.20. The Balaban J connectivity index is 1.89. The summed E-state index contributed by atoms with van der Waals surface area (Å²) in [5.41, 5.74) is 0.844. The smallest absolute Gasteiger partial charge is 0.243 e. The van der Waals surface area contributed by atoms with Gasteiger partial charge in [0.25, 0.3) is 0 Å². The van der Waals surface area contributed by atoms with Gasteiger partial charge in [0.15, 0.2) is 0 Å². The third-order valence-electron chi connectivity index (χ3n) is 3.96. The fourth-order valence-electron chi connectivity index (χ4n) is 2.63. The average molecular weight is 366 g/mol. The van der Waals surface area contributed by atoms with Crippen LogP contribution in [-0.2, 0) is 16.6 Å². The first kappa shape index (κ1) is 17.5. The highest BCUT2D eigenvalue weighted by atomic mass is 32.2. The molecular formula is C18H23NO3S2. The molecule has 0 N–H and O–H groups in total. The number of rotatable bonds is 7. The molecule has 4 nitrogen and oxygen atoms in total. The first-order valence-corrected chi connectivity index (χ1v) is 10.5. The summed E-state index contributed by atoms with van der Waals surface area (Å²) in [6, 6.07) is 9.21. The summed E-state index contributed by atoms with van der Waals surface area (Å²) in [6.45, 7) is 6.26. The lowest BCUT2D eigenvalue weighted by atomic mass is 10.2. The van der Waals surface area contributed by atoms with Crippen LogP contribution in [-0.4, -0.2) is 24.9 Å². The van der Waals surface area contributed by atoms with E-state index < -0.39 is 10.0 Å². The number of ether oxygens (including phenoxy) is 1. The molecule has 1 fully saturated rings. The van der Waals surface area contributed by atoms with E-state index in [0.29, 0.717) is 11.4 Å². The minimum Gasteiger partial charge on any atom is -0.491 e. The standard InChI is InChI=1S/C18H23NO3S2/c1-13(2)22-18-9-8-17(11-14(18)3)24(20,21)19(15-6-7-15)12-16-5-4-10-23-16/h4-5,8-11,13,15H,6-7,12H2,1-3H3. The molecule has 0 bridgehead atoms. The van der Waals surface area contributed by atoms with E-state index in [-0.39, 0.29) is 12.1 Å². The molecule has 1 aliphatic rings. The topological polar surface area (TPSA) is 46.6 Å². The van der Waals surface area contributed by atoms with Crippen LogP contribution >= 0.6 is 11.3 Å². The number of nitrogens with zero attached hydrogens (tertiary/aromatic N) is 1. The summed E-state index contributed by atoms with van der Waals surface area (Å²) in [4.78, 5) is 1.42. The largest absolute Gasteiger partial charge is 0.491 e. The molecule has 3 rings (SSSR count). The molecule has 1 heterocycles. The zero-order valence-electron chi connectivity index (χ0n) is 14.2. The predicted molar refractivity (Wildman–Crippen MR) is 97.0 cm³/mol. The van der Waals surface area contributed by atoms with Crippen molar-refractivity contribution in [3.05, 3.63) is 46.2 Å². The van der Waals surface area contributed by atoms with Crippen LogP contribution in [0, 0.1) is 6.92 Å². The van der Waals surface area contributed by atoms with Crippen LogP contribution in [0.15, 0.2) is 40.6 Å². The zero-order chi connectivity index (χ0) is 17.3. The molecule has 2 aromatic rings. The maximum absolute atomic E-state index is 13.1. The van der Waals surface area contributed by atoms with Crippen molar-refractivity contribution in [2.45, 2.75) is 57.2 Å². The van der Waals surface area contributed by atoms with Crippen molar-refractivity contribution in [1.29, 1.82) is 0 Å². The first-order chi connectivity index (χ1) is 11.4. The van der Waals surface area contributed by atoms with Gasteiger partial charge in [0.1, 0.15) is 5.75 Å². The van der Waals surface area contributed by atoms with Gasteiger partial charge in [-0.25, -0.2) is 8.42 Å². The fourth-order valence-corrected chi connectivity index (χ4v) is 5.17. The molecule has 6 heteroatoms. The highest BCUT2D eigenvalue weighted by molar-refractivity contribution is 7.89. The van der Waals surface area contributed by atoms with Crippen molar-refractivity contribution in [3.63, 3.8) is 0 Å². The quantitative estimate of drug-likeness (QED) is 0.739. The zero-order valence-corrected chi connectivity index (χ0v) is 15.9. The van der Waals surface area contributed by atoms with E-state index in [0.717, 1.165) is 29.0 Å². The number of sulfonamides is 1. The Morgan fingerprint density at radius 3 is 2.58 bits per heavy atom. The van der Waals surface area contributed by atoms with Gasteiger partial charge in [-0.2, -0.15) is 4.31 Å². The van der Waals surface area contributed by atoms with Gasteiger partial charge < -0.3 is 4.74 Å². The second-order valence-corrected chi connectivity index (χ2v) is 9.38. The van der Waals surface area contributed by atoms with Crippen molar-refractivity contribution in [3.8, 4) is 5.75 Å². The summed E-state index contributed by atoms with van der Waals surface area (Å²) in [7, 11) is -3.50. The molecule has 0 atom stereocenters. The van der Waals surface area contributed by atoms with E-state index in [9.17, 15) is 8.42 Å². The Morgan fingerprint density at radius 1 is 1.29 bits per heavy atom. The molecule has 0 saturated heterocycles. The minimum absolute atomic E-state index is 0.0629. The van der Waals surface area contributed by atoms with Crippen LogP contribution in [0.25, 0.3) is 0 Å². The monoisotopic (exact) mass is 365 g/mol. The highest BCUT2D eigenvalue weighted by Gasteiger charge is 2.38. The van der Waals surface area contributed by atoms with Crippen LogP contribution in [0.1, 0.15) is 37.1 Å². The summed E-state index contributed by atoms with van der Waals surface area (Å²) in [5.74, 6) is 0.736. The molecule has 0 spiro atoms. The lowest BCUT2D eigenvalue weighted by molar-refractivity contribution is 0.240. The lowest BCUT2D eigenvalue weighted by Crippen LogP contribution is -2.32. The number of hydrogen-bond acceptors (Lipinski definition) is 4. The van der Waals surface area contributed by atoms with Gasteiger partial charge in [-0.15, -0.1) is 11.3 Å². The van der Waals surface area contributed by atoms with Crippen LogP contribution in [0.3, 0.4) is 0 Å². The third-order valence-corrected chi connectivity index (χ3v) is 6.72. The molecule has 1 aromatic carbocycles. The van der Waals surface area contributed by atoms with Gasteiger partial charge in [-0.1, -0.05) is 6.07 Å². The molecule has 1 aromatic heterocycles. The van der Waals surface area contributed by atoms with Crippen LogP contribution < -0.4 is 4.74 Å². The highest BCUT2D eigenvalue weighted by Crippen LogP contribution is 2.35. The maximum atomic E-state index is 13.1. The van der Waals surface area contributed by atoms with Gasteiger partial charge in [-0.05, 0) is 68.8 Å². The van der Waals surface area contributed by atoms with Crippen molar-refractivity contribution in [2.75, 3.05) is 0 Å². The second kappa shape index (κ2) is 6.86. The maximum Gasteiger partial charge on any atom is 0.243 e. The van der Waals surface area contributed by atoms with Gasteiger partial charge in [-0.3, -0.25) is 0 Å². The molecule has 0 aliphatic heterocycles. The number of thiophene rings is 1. The molecule has 1 saturated carbocycles. The number of benzene rings is 1. The minimum atomic E-state index is -3.50. The molecule has 0 amide bonds. The van der Waals surface area contributed by atoms with Crippen molar-refractivity contribution in [1.82, 2.24) is 4.31 Å². The van der Waals surface area contributed by atoms with Gasteiger partial charge >= 0.3 is 0 Å². The Morgan fingerprint density at radius 2 is 2.04 bits per heavy atom. The van der Waals surface area contributed by atoms with E-state index in [1.165, 1.54) is 0 Å². The van der Waals surface area contributed by atoms with E-state index in [1.807, 2.05) is 38.3 Å². The number of hydrogen-bond donors (Lipinski definition) is 0. The van der Waals surface area contributed by atoms with E-state index in [4.69, 9.17) is 4.74 Å². The van der Waals surface area contributed by atoms with Crippen LogP contribution in [0.2, 0.25) is 0 Å². The van der Waals surface area contributed by atoms with Gasteiger partial charge in [0.05, 0.1) is 11.0 Å². The van der Waals surface area contributed by atoms with Crippen LogP contribution in [0.5, 0.6) is 5.75 Å². The van der Waals surface area contributed by atoms with Gasteiger partial charge in [0.2, 0.25) is 10.0 Å². The molecular weight excluding hydrogens is 342 g/mol. The Labute approximate surface area is 148 Å². The Kier molecular flexibility index (Phi) is 4.99. The molecule has 130 valence electrons. The Bertz CT molecular complexity index is 794. The normalized spacial score (nSPS) is 15.2. The Hall–Kier alpha value is -1.37. The summed E-state index contributed by atoms with van der Waals surface area (Å²) >= 11 is 1.59. The number of aryl methyl sites for hydroxylation is 1. The SMILES string of the molecule is Cc1cc(S(=O)(=O)N(Cc2cccs2)C2CC2)ccc1OC(C)C. The van der Waals surface area contributed by atoms with Crippen molar-refractivity contribution in [2.24, 2.45) is 0 Å². The summed E-state index contributed by atoms with van der Waals surface area (Å²) < 4.78 is 33.6. The van der Waals surface area contributed by atoms with E-state index >= 15 is 0 Å². The lowest BCUT2D eigenvalue weighted by Gasteiger charge is -2.22. The fraction of sp³-hybridized carbons (Fsp3) is 0.444. The third kappa shape index (κ3) is 3.82. The average Bonchev–Trinajstić information content (AvgIpc) is 3.22. The molecule has 1 aliphatic carbocycles. The van der Waals surface area contributed by atoms with E-state index in [1.54, 1.807) is 33.8 Å². The summed E-state index contributed by atoms with van der Waals surface area (Å²) in [6.07, 6.45) is 1.95. The van der Waals surface area contributed by atoms with Crippen LogP contribution in [0.4, 0.5) is 0 Å². The molecule has 0 unspecified atom stereocenters. The molecule has 24 heavy (non-hydrogen) atoms. The van der Waals surface area contributed by atoms with Crippen molar-refractivity contribution >= 4 is 21.4 Å². The first-order valence-electron chi connectivity index (χ1n) is 8.19. The molecule has 0 radical (unpaired) electrons.